The van der Waals surface area contributed by atoms with Crippen LogP contribution >= 0.6 is 0 Å². The molecule has 1 aliphatic carbocycles. The van der Waals surface area contributed by atoms with Crippen LogP contribution in [-0.4, -0.2) is 27.3 Å². The van der Waals surface area contributed by atoms with Gasteiger partial charge in [0, 0.05) is 17.2 Å². The van der Waals surface area contributed by atoms with Gasteiger partial charge in [0.15, 0.2) is 0 Å². The average molecular weight is 221 g/mol. The molecule has 0 saturated carbocycles. The van der Waals surface area contributed by atoms with Gasteiger partial charge in [-0.15, -0.1) is 0 Å². The van der Waals surface area contributed by atoms with Gasteiger partial charge in [-0.05, 0) is 38.4 Å². The molecule has 0 aliphatic heterocycles. The van der Waals surface area contributed by atoms with Crippen molar-refractivity contribution in [2.75, 3.05) is 21.3 Å². The lowest BCUT2D eigenvalue weighted by Gasteiger charge is -2.27. The SMILES string of the molecule is CN[C@H]1CCc2c(OC)ccc(OC)c2C1. The summed E-state index contributed by atoms with van der Waals surface area (Å²) in [6.45, 7) is 0. The van der Waals surface area contributed by atoms with Crippen molar-refractivity contribution >= 4 is 0 Å². The monoisotopic (exact) mass is 221 g/mol. The molecule has 16 heavy (non-hydrogen) atoms. The van der Waals surface area contributed by atoms with Crippen molar-refractivity contribution in [2.45, 2.75) is 25.3 Å². The number of rotatable bonds is 3. The van der Waals surface area contributed by atoms with Crippen LogP contribution in [-0.2, 0) is 12.8 Å². The van der Waals surface area contributed by atoms with E-state index in [1.165, 1.54) is 11.1 Å². The Labute approximate surface area is 96.8 Å². The highest BCUT2D eigenvalue weighted by Gasteiger charge is 2.23. The molecule has 1 atom stereocenters. The number of likely N-dealkylation sites (N-methyl/N-ethyl adjacent to an activating group) is 1. The minimum atomic E-state index is 0.550. The topological polar surface area (TPSA) is 30.5 Å². The molecule has 1 aromatic carbocycles. The van der Waals surface area contributed by atoms with Crippen LogP contribution in [0.2, 0.25) is 0 Å². The van der Waals surface area contributed by atoms with Crippen molar-refractivity contribution in [3.05, 3.63) is 23.3 Å². The maximum Gasteiger partial charge on any atom is 0.122 e. The van der Waals surface area contributed by atoms with Gasteiger partial charge >= 0.3 is 0 Å². The van der Waals surface area contributed by atoms with E-state index in [9.17, 15) is 0 Å². The Morgan fingerprint density at radius 2 is 1.75 bits per heavy atom. The van der Waals surface area contributed by atoms with Crippen LogP contribution in [0.4, 0.5) is 0 Å². The Morgan fingerprint density at radius 3 is 2.31 bits per heavy atom. The maximum atomic E-state index is 5.42. The third-order valence-corrected chi connectivity index (χ3v) is 3.39. The number of hydrogen-bond acceptors (Lipinski definition) is 3. The number of nitrogens with one attached hydrogen (secondary N) is 1. The summed E-state index contributed by atoms with van der Waals surface area (Å²) >= 11 is 0. The lowest BCUT2D eigenvalue weighted by molar-refractivity contribution is 0.380. The van der Waals surface area contributed by atoms with E-state index in [2.05, 4.69) is 5.32 Å². The summed E-state index contributed by atoms with van der Waals surface area (Å²) in [4.78, 5) is 0. The standard InChI is InChI=1S/C13H19NO2/c1-14-9-4-5-10-11(8-9)13(16-3)7-6-12(10)15-2/h6-7,9,14H,4-5,8H2,1-3H3/t9-/m0/s1. The molecule has 0 amide bonds. The Hall–Kier alpha value is -1.22. The molecule has 1 N–H and O–H groups in total. The van der Waals surface area contributed by atoms with Crippen LogP contribution in [0.3, 0.4) is 0 Å². The summed E-state index contributed by atoms with van der Waals surface area (Å²) in [6.07, 6.45) is 3.24. The highest BCUT2D eigenvalue weighted by molar-refractivity contribution is 5.50. The fraction of sp³-hybridized carbons (Fsp3) is 0.538. The van der Waals surface area contributed by atoms with Gasteiger partial charge < -0.3 is 14.8 Å². The molecule has 88 valence electrons. The molecular formula is C13H19NO2. The van der Waals surface area contributed by atoms with Gasteiger partial charge in [-0.3, -0.25) is 0 Å². The third-order valence-electron chi connectivity index (χ3n) is 3.39. The van der Waals surface area contributed by atoms with Crippen LogP contribution < -0.4 is 14.8 Å². The van der Waals surface area contributed by atoms with Gasteiger partial charge in [0.2, 0.25) is 0 Å². The van der Waals surface area contributed by atoms with E-state index < -0.39 is 0 Å². The fourth-order valence-electron chi connectivity index (χ4n) is 2.44. The fourth-order valence-corrected chi connectivity index (χ4v) is 2.44. The Kier molecular flexibility index (Phi) is 3.34. The summed E-state index contributed by atoms with van der Waals surface area (Å²) in [7, 11) is 5.47. The minimum Gasteiger partial charge on any atom is -0.496 e. The third kappa shape index (κ3) is 1.87. The summed E-state index contributed by atoms with van der Waals surface area (Å²) in [6, 6.07) is 4.54. The number of fused-ring (bicyclic) bond motifs is 1. The van der Waals surface area contributed by atoms with Crippen molar-refractivity contribution in [2.24, 2.45) is 0 Å². The largest absolute Gasteiger partial charge is 0.496 e. The second kappa shape index (κ2) is 4.74. The van der Waals surface area contributed by atoms with Gasteiger partial charge in [-0.25, -0.2) is 0 Å². The van der Waals surface area contributed by atoms with Crippen LogP contribution in [0.1, 0.15) is 17.5 Å². The van der Waals surface area contributed by atoms with Crippen LogP contribution in [0.15, 0.2) is 12.1 Å². The molecule has 0 unspecified atom stereocenters. The quantitative estimate of drug-likeness (QED) is 0.844. The van der Waals surface area contributed by atoms with E-state index in [1.807, 2.05) is 19.2 Å². The van der Waals surface area contributed by atoms with E-state index in [-0.39, 0.29) is 0 Å². The molecule has 1 aliphatic rings. The van der Waals surface area contributed by atoms with E-state index >= 15 is 0 Å². The first kappa shape index (κ1) is 11.3. The van der Waals surface area contributed by atoms with Crippen molar-refractivity contribution in [3.63, 3.8) is 0 Å². The number of hydrogen-bond donors (Lipinski definition) is 1. The molecule has 0 heterocycles. The first-order valence-electron chi connectivity index (χ1n) is 5.70. The highest BCUT2D eigenvalue weighted by atomic mass is 16.5. The Morgan fingerprint density at radius 1 is 1.12 bits per heavy atom. The molecule has 0 spiro atoms. The molecule has 0 aromatic heterocycles. The highest BCUT2D eigenvalue weighted by Crippen LogP contribution is 2.35. The van der Waals surface area contributed by atoms with E-state index in [0.29, 0.717) is 6.04 Å². The first-order chi connectivity index (χ1) is 7.80. The zero-order valence-corrected chi connectivity index (χ0v) is 10.2. The number of ether oxygens (including phenoxy) is 2. The average Bonchev–Trinajstić information content (AvgIpc) is 2.36. The minimum absolute atomic E-state index is 0.550. The van der Waals surface area contributed by atoms with Gasteiger partial charge in [0.25, 0.3) is 0 Å². The lowest BCUT2D eigenvalue weighted by atomic mass is 9.87. The number of methoxy groups -OCH3 is 2. The van der Waals surface area contributed by atoms with E-state index in [4.69, 9.17) is 9.47 Å². The normalized spacial score (nSPS) is 19.1. The van der Waals surface area contributed by atoms with Gasteiger partial charge in [-0.2, -0.15) is 0 Å². The predicted molar refractivity (Wildman–Crippen MR) is 64.4 cm³/mol. The predicted octanol–water partition coefficient (Wildman–Crippen LogP) is 1.78. The van der Waals surface area contributed by atoms with Crippen molar-refractivity contribution < 1.29 is 9.47 Å². The smallest absolute Gasteiger partial charge is 0.122 e. The van der Waals surface area contributed by atoms with Crippen LogP contribution in [0.25, 0.3) is 0 Å². The van der Waals surface area contributed by atoms with E-state index in [0.717, 1.165) is 30.8 Å². The first-order valence-corrected chi connectivity index (χ1v) is 5.70. The Balaban J connectivity index is 2.42. The van der Waals surface area contributed by atoms with Crippen LogP contribution in [0.5, 0.6) is 11.5 Å². The number of benzene rings is 1. The van der Waals surface area contributed by atoms with Crippen molar-refractivity contribution in [1.82, 2.24) is 5.32 Å². The second-order valence-electron chi connectivity index (χ2n) is 4.16. The molecule has 0 saturated heterocycles. The molecule has 0 bridgehead atoms. The molecule has 3 heteroatoms. The lowest BCUT2D eigenvalue weighted by Crippen LogP contribution is -2.31. The maximum absolute atomic E-state index is 5.42. The second-order valence-corrected chi connectivity index (χ2v) is 4.16. The van der Waals surface area contributed by atoms with Gasteiger partial charge in [0.1, 0.15) is 11.5 Å². The zero-order chi connectivity index (χ0) is 11.5. The summed E-state index contributed by atoms with van der Waals surface area (Å²) < 4.78 is 10.8. The van der Waals surface area contributed by atoms with Crippen molar-refractivity contribution in [1.29, 1.82) is 0 Å². The zero-order valence-electron chi connectivity index (χ0n) is 10.2. The molecule has 0 fully saturated rings. The van der Waals surface area contributed by atoms with Gasteiger partial charge in [-0.1, -0.05) is 0 Å². The summed E-state index contributed by atoms with van der Waals surface area (Å²) in [5.74, 6) is 1.97. The van der Waals surface area contributed by atoms with Crippen LogP contribution in [0, 0.1) is 0 Å². The van der Waals surface area contributed by atoms with Gasteiger partial charge in [0.05, 0.1) is 14.2 Å². The summed E-state index contributed by atoms with van der Waals surface area (Å²) in [5.41, 5.74) is 2.61. The molecule has 1 aromatic rings. The molecule has 2 rings (SSSR count). The molecule has 3 nitrogen and oxygen atoms in total. The summed E-state index contributed by atoms with van der Waals surface area (Å²) in [5, 5.41) is 3.34. The van der Waals surface area contributed by atoms with E-state index in [1.54, 1.807) is 14.2 Å². The molecule has 0 radical (unpaired) electrons. The van der Waals surface area contributed by atoms with Crippen molar-refractivity contribution in [3.8, 4) is 11.5 Å². The Bertz CT molecular complexity index is 376. The molecular weight excluding hydrogens is 202 g/mol.